The van der Waals surface area contributed by atoms with E-state index in [1.807, 2.05) is 6.92 Å². The summed E-state index contributed by atoms with van der Waals surface area (Å²) in [5.74, 6) is 0.371. The van der Waals surface area contributed by atoms with E-state index in [1.165, 1.54) is 6.07 Å². The van der Waals surface area contributed by atoms with Gasteiger partial charge in [-0.25, -0.2) is 4.39 Å². The number of nitrogens with one attached hydrogen (secondary N) is 1. The second-order valence-electron chi connectivity index (χ2n) is 4.56. The minimum absolute atomic E-state index is 0.0334. The Morgan fingerprint density at radius 1 is 1.35 bits per heavy atom. The number of hydrogen-bond acceptors (Lipinski definition) is 2. The van der Waals surface area contributed by atoms with Crippen molar-refractivity contribution in [2.24, 2.45) is 0 Å². The minimum atomic E-state index is -0.218. The van der Waals surface area contributed by atoms with Gasteiger partial charge in [0.25, 0.3) is 0 Å². The minimum Gasteiger partial charge on any atom is -0.489 e. The highest BCUT2D eigenvalue weighted by Crippen LogP contribution is 2.16. The van der Waals surface area contributed by atoms with Crippen LogP contribution >= 0.6 is 0 Å². The van der Waals surface area contributed by atoms with Crippen LogP contribution < -0.4 is 10.1 Å². The van der Waals surface area contributed by atoms with Gasteiger partial charge < -0.3 is 10.1 Å². The molecule has 3 heteroatoms. The quantitative estimate of drug-likeness (QED) is 0.822. The topological polar surface area (TPSA) is 21.3 Å². The first-order valence-electron chi connectivity index (χ1n) is 6.19. The second kappa shape index (κ2) is 6.60. The molecular formula is C14H22FNO. The van der Waals surface area contributed by atoms with Gasteiger partial charge >= 0.3 is 0 Å². The third-order valence-corrected chi connectivity index (χ3v) is 2.85. The highest BCUT2D eigenvalue weighted by Gasteiger charge is 2.07. The van der Waals surface area contributed by atoms with Gasteiger partial charge in [-0.1, -0.05) is 13.0 Å². The fourth-order valence-corrected chi connectivity index (χ4v) is 1.43. The van der Waals surface area contributed by atoms with Crippen LogP contribution in [-0.2, 0) is 0 Å². The van der Waals surface area contributed by atoms with E-state index in [0.29, 0.717) is 17.4 Å². The lowest BCUT2D eigenvalue weighted by Crippen LogP contribution is -2.34. The zero-order valence-electron chi connectivity index (χ0n) is 11.1. The van der Waals surface area contributed by atoms with Crippen LogP contribution in [-0.4, -0.2) is 18.7 Å². The summed E-state index contributed by atoms with van der Waals surface area (Å²) in [6.07, 6.45) is 1.12. The molecule has 0 spiro atoms. The Hall–Kier alpha value is -1.09. The van der Waals surface area contributed by atoms with Crippen molar-refractivity contribution in [2.75, 3.05) is 6.54 Å². The molecule has 0 radical (unpaired) electrons. The van der Waals surface area contributed by atoms with E-state index in [-0.39, 0.29) is 11.9 Å². The molecule has 0 aliphatic carbocycles. The Bertz CT molecular complexity index is 354. The molecule has 1 N–H and O–H groups in total. The van der Waals surface area contributed by atoms with Crippen LogP contribution in [0, 0.1) is 12.7 Å². The molecule has 2 nitrogen and oxygen atoms in total. The second-order valence-corrected chi connectivity index (χ2v) is 4.56. The van der Waals surface area contributed by atoms with Crippen molar-refractivity contribution >= 4 is 0 Å². The van der Waals surface area contributed by atoms with Gasteiger partial charge in [0.05, 0.1) is 0 Å². The molecule has 0 saturated carbocycles. The van der Waals surface area contributed by atoms with Crippen LogP contribution in [0.5, 0.6) is 5.75 Å². The molecule has 0 aliphatic rings. The summed E-state index contributed by atoms with van der Waals surface area (Å²) in [7, 11) is 0. The average molecular weight is 239 g/mol. The van der Waals surface area contributed by atoms with Crippen LogP contribution in [0.1, 0.15) is 32.8 Å². The number of hydrogen-bond donors (Lipinski definition) is 1. The Labute approximate surface area is 103 Å². The average Bonchev–Trinajstić information content (AvgIpc) is 2.31. The van der Waals surface area contributed by atoms with E-state index in [4.69, 9.17) is 4.74 Å². The summed E-state index contributed by atoms with van der Waals surface area (Å²) >= 11 is 0. The Balaban J connectivity index is 2.44. The zero-order valence-corrected chi connectivity index (χ0v) is 11.1. The van der Waals surface area contributed by atoms with Gasteiger partial charge in [0.2, 0.25) is 0 Å². The van der Waals surface area contributed by atoms with Gasteiger partial charge in [-0.2, -0.15) is 0 Å². The molecule has 1 aromatic rings. The van der Waals surface area contributed by atoms with Crippen molar-refractivity contribution < 1.29 is 9.13 Å². The predicted octanol–water partition coefficient (Wildman–Crippen LogP) is 3.29. The first-order chi connectivity index (χ1) is 8.02. The van der Waals surface area contributed by atoms with E-state index in [1.54, 1.807) is 19.1 Å². The third kappa shape index (κ3) is 4.73. The van der Waals surface area contributed by atoms with E-state index in [0.717, 1.165) is 13.0 Å². The molecule has 0 aromatic heterocycles. The fraction of sp³-hybridized carbons (Fsp3) is 0.571. The van der Waals surface area contributed by atoms with Gasteiger partial charge in [-0.15, -0.1) is 0 Å². The lowest BCUT2D eigenvalue weighted by Gasteiger charge is -2.18. The van der Waals surface area contributed by atoms with E-state index in [9.17, 15) is 4.39 Å². The van der Waals surface area contributed by atoms with Crippen molar-refractivity contribution in [1.82, 2.24) is 5.32 Å². The maximum absolute atomic E-state index is 13.3. The Morgan fingerprint density at radius 2 is 2.06 bits per heavy atom. The lowest BCUT2D eigenvalue weighted by atomic mass is 10.2. The van der Waals surface area contributed by atoms with Gasteiger partial charge in [0, 0.05) is 18.7 Å². The molecule has 2 atom stereocenters. The van der Waals surface area contributed by atoms with Crippen molar-refractivity contribution in [2.45, 2.75) is 46.3 Å². The summed E-state index contributed by atoms with van der Waals surface area (Å²) in [6, 6.07) is 5.46. The van der Waals surface area contributed by atoms with Gasteiger partial charge in [-0.05, 0) is 38.8 Å². The monoisotopic (exact) mass is 239 g/mol. The SMILES string of the molecule is CCC(C)NCC(C)Oc1ccc(C)c(F)c1. The molecule has 0 fully saturated rings. The third-order valence-electron chi connectivity index (χ3n) is 2.85. The van der Waals surface area contributed by atoms with Crippen LogP contribution in [0.2, 0.25) is 0 Å². The summed E-state index contributed by atoms with van der Waals surface area (Å²) in [6.45, 7) is 8.77. The molecular weight excluding hydrogens is 217 g/mol. The summed E-state index contributed by atoms with van der Waals surface area (Å²) in [5, 5.41) is 3.36. The highest BCUT2D eigenvalue weighted by molar-refractivity contribution is 5.28. The normalized spacial score (nSPS) is 14.4. The Morgan fingerprint density at radius 3 is 2.65 bits per heavy atom. The molecule has 0 saturated heterocycles. The molecule has 17 heavy (non-hydrogen) atoms. The first kappa shape index (κ1) is 14.0. The fourth-order valence-electron chi connectivity index (χ4n) is 1.43. The standard InChI is InChI=1S/C14H22FNO/c1-5-11(3)16-9-12(4)17-13-7-6-10(2)14(15)8-13/h6-8,11-12,16H,5,9H2,1-4H3. The van der Waals surface area contributed by atoms with Crippen LogP contribution in [0.4, 0.5) is 4.39 Å². The molecule has 0 heterocycles. The van der Waals surface area contributed by atoms with Crippen LogP contribution in [0.15, 0.2) is 18.2 Å². The van der Waals surface area contributed by atoms with E-state index >= 15 is 0 Å². The van der Waals surface area contributed by atoms with Crippen molar-refractivity contribution in [1.29, 1.82) is 0 Å². The molecule has 1 aromatic carbocycles. The maximum atomic E-state index is 13.3. The van der Waals surface area contributed by atoms with E-state index < -0.39 is 0 Å². The molecule has 96 valence electrons. The van der Waals surface area contributed by atoms with Crippen molar-refractivity contribution in [3.05, 3.63) is 29.6 Å². The number of benzene rings is 1. The van der Waals surface area contributed by atoms with E-state index in [2.05, 4.69) is 19.2 Å². The lowest BCUT2D eigenvalue weighted by molar-refractivity contribution is 0.211. The van der Waals surface area contributed by atoms with Gasteiger partial charge in [-0.3, -0.25) is 0 Å². The summed E-state index contributed by atoms with van der Waals surface area (Å²) < 4.78 is 18.9. The van der Waals surface area contributed by atoms with Gasteiger partial charge in [0.1, 0.15) is 17.7 Å². The smallest absolute Gasteiger partial charge is 0.129 e. The maximum Gasteiger partial charge on any atom is 0.129 e. The number of aryl methyl sites for hydroxylation is 1. The van der Waals surface area contributed by atoms with Crippen LogP contribution in [0.25, 0.3) is 0 Å². The van der Waals surface area contributed by atoms with Crippen LogP contribution in [0.3, 0.4) is 0 Å². The number of halogens is 1. The zero-order chi connectivity index (χ0) is 12.8. The number of rotatable bonds is 6. The molecule has 0 amide bonds. The number of ether oxygens (including phenoxy) is 1. The molecule has 0 aliphatic heterocycles. The Kier molecular flexibility index (Phi) is 5.42. The molecule has 2 unspecified atom stereocenters. The summed E-state index contributed by atoms with van der Waals surface area (Å²) in [5.41, 5.74) is 0.641. The van der Waals surface area contributed by atoms with Gasteiger partial charge in [0.15, 0.2) is 0 Å². The molecule has 0 bridgehead atoms. The molecule has 1 rings (SSSR count). The summed E-state index contributed by atoms with van der Waals surface area (Å²) in [4.78, 5) is 0. The highest BCUT2D eigenvalue weighted by atomic mass is 19.1. The van der Waals surface area contributed by atoms with Crippen molar-refractivity contribution in [3.63, 3.8) is 0 Å². The predicted molar refractivity (Wildman–Crippen MR) is 69.0 cm³/mol. The largest absolute Gasteiger partial charge is 0.489 e. The first-order valence-corrected chi connectivity index (χ1v) is 6.19. The van der Waals surface area contributed by atoms with Crippen molar-refractivity contribution in [3.8, 4) is 5.75 Å².